The van der Waals surface area contributed by atoms with E-state index in [1.54, 1.807) is 6.07 Å². The molecule has 0 amide bonds. The molecular formula is C33H38O3. The van der Waals surface area contributed by atoms with Crippen molar-refractivity contribution in [2.45, 2.75) is 82.5 Å². The number of carbonyl (C=O) groups is 1. The van der Waals surface area contributed by atoms with Crippen molar-refractivity contribution in [3.8, 4) is 11.5 Å². The van der Waals surface area contributed by atoms with Crippen LogP contribution in [0.4, 0.5) is 0 Å². The van der Waals surface area contributed by atoms with Crippen molar-refractivity contribution in [3.05, 3.63) is 59.7 Å². The van der Waals surface area contributed by atoms with E-state index in [1.165, 1.54) is 82.6 Å². The number of carboxylic acids is 1. The minimum atomic E-state index is -0.880. The number of hydrogen-bond acceptors (Lipinski definition) is 2. The molecule has 10 rings (SSSR count). The lowest BCUT2D eigenvalue weighted by Crippen LogP contribution is -2.63. The number of aromatic carboxylic acids is 1. The second-order valence-electron chi connectivity index (χ2n) is 14.2. The number of para-hydroxylation sites is 1. The largest absolute Gasteiger partial charge is 0.478 e. The van der Waals surface area contributed by atoms with E-state index in [0.29, 0.717) is 16.4 Å². The van der Waals surface area contributed by atoms with Crippen molar-refractivity contribution in [1.29, 1.82) is 0 Å². The first-order chi connectivity index (χ1) is 17.4. The number of hydrogen-bond donors (Lipinski definition) is 1. The van der Waals surface area contributed by atoms with Crippen LogP contribution < -0.4 is 4.74 Å². The van der Waals surface area contributed by atoms with Gasteiger partial charge in [0.1, 0.15) is 11.5 Å². The molecular weight excluding hydrogens is 444 g/mol. The third-order valence-corrected chi connectivity index (χ3v) is 12.0. The van der Waals surface area contributed by atoms with Gasteiger partial charge in [-0.2, -0.15) is 0 Å². The second kappa shape index (κ2) is 7.39. The van der Waals surface area contributed by atoms with Crippen molar-refractivity contribution >= 4 is 5.97 Å². The third-order valence-electron chi connectivity index (χ3n) is 12.0. The minimum absolute atomic E-state index is 0.133. The Morgan fingerprint density at radius 2 is 1.31 bits per heavy atom. The smallest absolute Gasteiger partial charge is 0.335 e. The van der Waals surface area contributed by atoms with Crippen LogP contribution in [0.3, 0.4) is 0 Å². The maximum absolute atomic E-state index is 11.9. The Kier molecular flexibility index (Phi) is 4.47. The van der Waals surface area contributed by atoms with E-state index in [1.807, 2.05) is 36.4 Å². The van der Waals surface area contributed by atoms with Gasteiger partial charge in [0.05, 0.1) is 5.56 Å². The third kappa shape index (κ3) is 3.07. The normalized spacial score (nSPS) is 43.6. The molecule has 36 heavy (non-hydrogen) atoms. The summed E-state index contributed by atoms with van der Waals surface area (Å²) in [5.74, 6) is 5.32. The number of benzene rings is 2. The van der Waals surface area contributed by atoms with Gasteiger partial charge in [-0.3, -0.25) is 0 Å². The molecule has 1 N–H and O–H groups in total. The van der Waals surface area contributed by atoms with Gasteiger partial charge in [0.15, 0.2) is 0 Å². The Labute approximate surface area is 214 Å². The Balaban J connectivity index is 1.23. The summed E-state index contributed by atoms with van der Waals surface area (Å²) in [5.41, 5.74) is 2.81. The van der Waals surface area contributed by atoms with Gasteiger partial charge in [-0.1, -0.05) is 24.3 Å². The molecule has 3 nitrogen and oxygen atoms in total. The summed E-state index contributed by atoms with van der Waals surface area (Å²) in [4.78, 5) is 11.9. The molecule has 0 heterocycles. The fourth-order valence-electron chi connectivity index (χ4n) is 11.8. The highest BCUT2D eigenvalue weighted by Gasteiger charge is 2.68. The molecule has 0 aliphatic heterocycles. The first-order valence-electron chi connectivity index (χ1n) is 14.5. The molecule has 3 heteroatoms. The maximum atomic E-state index is 11.9. The quantitative estimate of drug-likeness (QED) is 0.467. The molecule has 8 saturated carbocycles. The molecule has 2 unspecified atom stereocenters. The van der Waals surface area contributed by atoms with Crippen molar-refractivity contribution in [3.63, 3.8) is 0 Å². The van der Waals surface area contributed by atoms with Crippen LogP contribution in [0.15, 0.2) is 48.5 Å². The summed E-state index contributed by atoms with van der Waals surface area (Å²) in [7, 11) is 0. The molecule has 188 valence electrons. The van der Waals surface area contributed by atoms with E-state index in [2.05, 4.69) is 6.07 Å². The van der Waals surface area contributed by atoms with Crippen LogP contribution in [0.5, 0.6) is 11.5 Å². The van der Waals surface area contributed by atoms with Gasteiger partial charge in [-0.25, -0.2) is 4.79 Å². The SMILES string of the molecule is O=C(O)c1ccc(C23CC4CC(C2)CC(C25CC6CC(CC(C6)C2)C5)(C4)C3)c(Oc2ccccc2)c1. The number of ether oxygens (including phenoxy) is 1. The predicted molar refractivity (Wildman–Crippen MR) is 139 cm³/mol. The van der Waals surface area contributed by atoms with Crippen molar-refractivity contribution in [2.75, 3.05) is 0 Å². The van der Waals surface area contributed by atoms with Gasteiger partial charge in [-0.15, -0.1) is 0 Å². The van der Waals surface area contributed by atoms with E-state index in [9.17, 15) is 9.90 Å². The topological polar surface area (TPSA) is 46.5 Å². The highest BCUT2D eigenvalue weighted by atomic mass is 16.5. The molecule has 2 aromatic carbocycles. The summed E-state index contributed by atoms with van der Waals surface area (Å²) < 4.78 is 6.51. The summed E-state index contributed by atoms with van der Waals surface area (Å²) in [6, 6.07) is 15.7. The van der Waals surface area contributed by atoms with Crippen LogP contribution in [-0.4, -0.2) is 11.1 Å². The summed E-state index contributed by atoms with van der Waals surface area (Å²) in [6.45, 7) is 0. The Bertz CT molecular complexity index is 1160. The van der Waals surface area contributed by atoms with Crippen LogP contribution in [0.1, 0.15) is 93.0 Å². The summed E-state index contributed by atoms with van der Waals surface area (Å²) >= 11 is 0. The molecule has 0 radical (unpaired) electrons. The lowest BCUT2D eigenvalue weighted by atomic mass is 9.32. The van der Waals surface area contributed by atoms with Crippen LogP contribution in [0.2, 0.25) is 0 Å². The van der Waals surface area contributed by atoms with E-state index in [4.69, 9.17) is 4.74 Å². The standard InChI is InChI=1S/C33H38O3/c34-30(35)26-6-7-28(29(12-26)36-27-4-2-1-3-5-27)31-13-24-11-25(14-31)19-33(18-24,20-31)32-15-21-8-22(16-32)10-23(9-21)17-32/h1-7,12,21-25H,8-11,13-20H2,(H,34,35). The van der Waals surface area contributed by atoms with Crippen LogP contribution in [0, 0.1) is 40.4 Å². The van der Waals surface area contributed by atoms with E-state index in [0.717, 1.165) is 41.1 Å². The minimum Gasteiger partial charge on any atom is -0.478 e. The van der Waals surface area contributed by atoms with E-state index >= 15 is 0 Å². The first kappa shape index (κ1) is 21.8. The average Bonchev–Trinajstić information content (AvgIpc) is 2.83. The zero-order valence-electron chi connectivity index (χ0n) is 21.3. The lowest BCUT2D eigenvalue weighted by molar-refractivity contribution is -0.206. The van der Waals surface area contributed by atoms with E-state index < -0.39 is 5.97 Å². The summed E-state index contributed by atoms with van der Waals surface area (Å²) in [5, 5.41) is 9.78. The van der Waals surface area contributed by atoms with Crippen LogP contribution >= 0.6 is 0 Å². The molecule has 8 aliphatic carbocycles. The lowest BCUT2D eigenvalue weighted by Gasteiger charge is -2.72. The molecule has 0 spiro atoms. The highest BCUT2D eigenvalue weighted by Crippen LogP contribution is 2.77. The van der Waals surface area contributed by atoms with Gasteiger partial charge < -0.3 is 9.84 Å². The Hall–Kier alpha value is -2.29. The zero-order valence-corrected chi connectivity index (χ0v) is 21.3. The zero-order chi connectivity index (χ0) is 24.1. The Morgan fingerprint density at radius 3 is 1.92 bits per heavy atom. The fraction of sp³-hybridized carbons (Fsp3) is 0.606. The summed E-state index contributed by atoms with van der Waals surface area (Å²) in [6.07, 6.45) is 17.2. The molecule has 0 saturated heterocycles. The van der Waals surface area contributed by atoms with Crippen LogP contribution in [-0.2, 0) is 5.41 Å². The second-order valence-corrected chi connectivity index (χ2v) is 14.2. The van der Waals surface area contributed by atoms with E-state index in [-0.39, 0.29) is 5.41 Å². The molecule has 2 atom stereocenters. The molecule has 0 aromatic heterocycles. The van der Waals surface area contributed by atoms with Gasteiger partial charge in [0.25, 0.3) is 0 Å². The van der Waals surface area contributed by atoms with Gasteiger partial charge in [0, 0.05) is 11.0 Å². The van der Waals surface area contributed by atoms with Crippen molar-refractivity contribution < 1.29 is 14.6 Å². The van der Waals surface area contributed by atoms with Crippen molar-refractivity contribution in [2.24, 2.45) is 40.4 Å². The molecule has 8 bridgehead atoms. The van der Waals surface area contributed by atoms with Gasteiger partial charge in [0.2, 0.25) is 0 Å². The number of carboxylic acid groups (broad SMARTS) is 1. The average molecular weight is 483 g/mol. The molecule has 8 aliphatic rings. The molecule has 8 fully saturated rings. The highest BCUT2D eigenvalue weighted by molar-refractivity contribution is 5.88. The fourth-order valence-corrected chi connectivity index (χ4v) is 11.8. The maximum Gasteiger partial charge on any atom is 0.335 e. The van der Waals surface area contributed by atoms with Gasteiger partial charge in [-0.05, 0) is 142 Å². The van der Waals surface area contributed by atoms with Crippen LogP contribution in [0.25, 0.3) is 0 Å². The first-order valence-corrected chi connectivity index (χ1v) is 14.5. The Morgan fingerprint density at radius 1 is 0.722 bits per heavy atom. The number of rotatable bonds is 5. The monoisotopic (exact) mass is 482 g/mol. The predicted octanol–water partition coefficient (Wildman–Crippen LogP) is 8.23. The molecule has 2 aromatic rings. The van der Waals surface area contributed by atoms with Crippen molar-refractivity contribution in [1.82, 2.24) is 0 Å². The van der Waals surface area contributed by atoms with Gasteiger partial charge >= 0.3 is 5.97 Å².